The fourth-order valence-electron chi connectivity index (χ4n) is 2.61. The molecule has 0 bridgehead atoms. The van der Waals surface area contributed by atoms with E-state index in [2.05, 4.69) is 24.3 Å². The van der Waals surface area contributed by atoms with E-state index in [0.717, 1.165) is 22.8 Å². The molecule has 0 amide bonds. The van der Waals surface area contributed by atoms with Crippen LogP contribution in [0.15, 0.2) is 48.6 Å². The highest BCUT2D eigenvalue weighted by atomic mass is 16.3. The van der Waals surface area contributed by atoms with Crippen molar-refractivity contribution in [2.24, 2.45) is 5.92 Å². The Morgan fingerprint density at radius 2 is 2.00 bits per heavy atom. The molecule has 1 aliphatic rings. The first-order chi connectivity index (χ1) is 8.34. The third kappa shape index (κ3) is 1.93. The van der Waals surface area contributed by atoms with E-state index in [9.17, 15) is 5.11 Å². The van der Waals surface area contributed by atoms with Crippen LogP contribution in [-0.4, -0.2) is 5.11 Å². The van der Waals surface area contributed by atoms with Gasteiger partial charge in [0.05, 0.1) is 0 Å². The van der Waals surface area contributed by atoms with Crippen molar-refractivity contribution < 1.29 is 5.11 Å². The van der Waals surface area contributed by atoms with Gasteiger partial charge in [-0.3, -0.25) is 0 Å². The Kier molecular flexibility index (Phi) is 2.60. The number of hydrogen-bond donors (Lipinski definition) is 1. The van der Waals surface area contributed by atoms with Crippen LogP contribution in [0.1, 0.15) is 18.4 Å². The van der Waals surface area contributed by atoms with Gasteiger partial charge in [-0.2, -0.15) is 0 Å². The molecule has 1 unspecified atom stereocenters. The van der Waals surface area contributed by atoms with Gasteiger partial charge in [0, 0.05) is 5.39 Å². The summed E-state index contributed by atoms with van der Waals surface area (Å²) in [7, 11) is 0. The Labute approximate surface area is 101 Å². The predicted molar refractivity (Wildman–Crippen MR) is 71.2 cm³/mol. The normalized spacial score (nSPS) is 18.9. The van der Waals surface area contributed by atoms with E-state index in [1.54, 1.807) is 0 Å². The minimum atomic E-state index is 0.461. The summed E-state index contributed by atoms with van der Waals surface area (Å²) in [5.74, 6) is 1.06. The molecule has 0 spiro atoms. The highest BCUT2D eigenvalue weighted by molar-refractivity contribution is 5.89. The standard InChI is InChI=1S/C16H16O/c17-16-14(11-12-5-1-2-6-12)10-9-13-7-3-4-8-15(13)16/h1,3-5,7-10,12,17H,2,6,11H2. The number of benzene rings is 2. The molecule has 1 aliphatic carbocycles. The van der Waals surface area contributed by atoms with E-state index in [0.29, 0.717) is 11.7 Å². The van der Waals surface area contributed by atoms with Crippen LogP contribution in [0.4, 0.5) is 0 Å². The summed E-state index contributed by atoms with van der Waals surface area (Å²) >= 11 is 0. The zero-order valence-electron chi connectivity index (χ0n) is 9.76. The molecule has 2 aromatic rings. The van der Waals surface area contributed by atoms with Crippen molar-refractivity contribution in [2.75, 3.05) is 0 Å². The lowest BCUT2D eigenvalue weighted by atomic mass is 9.96. The third-order valence-electron chi connectivity index (χ3n) is 3.58. The van der Waals surface area contributed by atoms with Crippen molar-refractivity contribution in [1.82, 2.24) is 0 Å². The first-order valence-electron chi connectivity index (χ1n) is 6.21. The van der Waals surface area contributed by atoms with E-state index in [1.165, 1.54) is 12.8 Å². The van der Waals surface area contributed by atoms with Crippen molar-refractivity contribution in [3.05, 3.63) is 54.1 Å². The zero-order chi connectivity index (χ0) is 11.7. The lowest BCUT2D eigenvalue weighted by molar-refractivity contribution is 0.469. The highest BCUT2D eigenvalue weighted by Gasteiger charge is 2.13. The number of phenolic OH excluding ortho intramolecular Hbond substituents is 1. The van der Waals surface area contributed by atoms with Crippen molar-refractivity contribution in [3.63, 3.8) is 0 Å². The molecule has 0 heterocycles. The number of fused-ring (bicyclic) bond motifs is 1. The van der Waals surface area contributed by atoms with E-state index in [-0.39, 0.29) is 0 Å². The van der Waals surface area contributed by atoms with E-state index in [4.69, 9.17) is 0 Å². The van der Waals surface area contributed by atoms with Crippen LogP contribution in [0.3, 0.4) is 0 Å². The van der Waals surface area contributed by atoms with Gasteiger partial charge in [0.1, 0.15) is 5.75 Å². The van der Waals surface area contributed by atoms with Gasteiger partial charge in [0.15, 0.2) is 0 Å². The summed E-state index contributed by atoms with van der Waals surface area (Å²) in [6, 6.07) is 12.2. The summed E-state index contributed by atoms with van der Waals surface area (Å²) in [6.07, 6.45) is 7.86. The maximum atomic E-state index is 10.3. The summed E-state index contributed by atoms with van der Waals surface area (Å²) < 4.78 is 0. The smallest absolute Gasteiger partial charge is 0.126 e. The lowest BCUT2D eigenvalue weighted by Crippen LogP contribution is -1.98. The Morgan fingerprint density at radius 3 is 2.82 bits per heavy atom. The van der Waals surface area contributed by atoms with Crippen LogP contribution in [0, 0.1) is 5.92 Å². The van der Waals surface area contributed by atoms with Crippen molar-refractivity contribution in [1.29, 1.82) is 0 Å². The quantitative estimate of drug-likeness (QED) is 0.763. The molecule has 1 heteroatoms. The summed E-state index contributed by atoms with van der Waals surface area (Å²) in [4.78, 5) is 0. The molecule has 0 saturated carbocycles. The molecule has 17 heavy (non-hydrogen) atoms. The molecule has 86 valence electrons. The molecule has 1 N–H and O–H groups in total. The molecule has 1 atom stereocenters. The fraction of sp³-hybridized carbons (Fsp3) is 0.250. The zero-order valence-corrected chi connectivity index (χ0v) is 9.76. The summed E-state index contributed by atoms with van der Waals surface area (Å²) in [5.41, 5.74) is 1.07. The molecular weight excluding hydrogens is 208 g/mol. The molecule has 0 aromatic heterocycles. The van der Waals surface area contributed by atoms with E-state index in [1.807, 2.05) is 24.3 Å². The molecule has 0 aliphatic heterocycles. The molecule has 0 fully saturated rings. The highest BCUT2D eigenvalue weighted by Crippen LogP contribution is 2.32. The fourth-order valence-corrected chi connectivity index (χ4v) is 2.61. The van der Waals surface area contributed by atoms with Gasteiger partial charge in [-0.15, -0.1) is 0 Å². The second-order valence-electron chi connectivity index (χ2n) is 4.76. The van der Waals surface area contributed by atoms with Gasteiger partial charge in [-0.25, -0.2) is 0 Å². The molecule has 0 saturated heterocycles. The van der Waals surface area contributed by atoms with Crippen molar-refractivity contribution in [3.8, 4) is 5.75 Å². The average Bonchev–Trinajstić information content (AvgIpc) is 2.86. The Morgan fingerprint density at radius 1 is 1.12 bits per heavy atom. The Balaban J connectivity index is 1.99. The SMILES string of the molecule is Oc1c(CC2C=CCC2)ccc2ccccc12. The van der Waals surface area contributed by atoms with Crippen LogP contribution in [0.25, 0.3) is 10.8 Å². The monoisotopic (exact) mass is 224 g/mol. The second kappa shape index (κ2) is 4.25. The maximum Gasteiger partial charge on any atom is 0.126 e. The van der Waals surface area contributed by atoms with Gasteiger partial charge < -0.3 is 5.11 Å². The van der Waals surface area contributed by atoms with Crippen LogP contribution in [0.2, 0.25) is 0 Å². The van der Waals surface area contributed by atoms with Crippen molar-refractivity contribution >= 4 is 10.8 Å². The lowest BCUT2D eigenvalue weighted by Gasteiger charge is -2.11. The molecular formula is C16H16O. The number of aromatic hydroxyl groups is 1. The first-order valence-corrected chi connectivity index (χ1v) is 6.21. The van der Waals surface area contributed by atoms with Crippen LogP contribution < -0.4 is 0 Å². The van der Waals surface area contributed by atoms with Gasteiger partial charge in [0.25, 0.3) is 0 Å². The minimum Gasteiger partial charge on any atom is -0.507 e. The third-order valence-corrected chi connectivity index (χ3v) is 3.58. The number of allylic oxidation sites excluding steroid dienone is 2. The molecule has 0 radical (unpaired) electrons. The summed E-state index contributed by atoms with van der Waals surface area (Å²) in [5, 5.41) is 12.4. The van der Waals surface area contributed by atoms with Crippen LogP contribution >= 0.6 is 0 Å². The number of phenols is 1. The minimum absolute atomic E-state index is 0.461. The van der Waals surface area contributed by atoms with Crippen molar-refractivity contribution in [2.45, 2.75) is 19.3 Å². The second-order valence-corrected chi connectivity index (χ2v) is 4.76. The topological polar surface area (TPSA) is 20.2 Å². The van der Waals surface area contributed by atoms with Crippen LogP contribution in [-0.2, 0) is 6.42 Å². The largest absolute Gasteiger partial charge is 0.507 e. The first kappa shape index (κ1) is 10.4. The van der Waals surface area contributed by atoms with Crippen LogP contribution in [0.5, 0.6) is 5.75 Å². The van der Waals surface area contributed by atoms with E-state index < -0.39 is 0 Å². The number of rotatable bonds is 2. The Hall–Kier alpha value is -1.76. The van der Waals surface area contributed by atoms with E-state index >= 15 is 0 Å². The van der Waals surface area contributed by atoms with Gasteiger partial charge in [0.2, 0.25) is 0 Å². The maximum absolute atomic E-state index is 10.3. The van der Waals surface area contributed by atoms with Gasteiger partial charge >= 0.3 is 0 Å². The average molecular weight is 224 g/mol. The molecule has 1 nitrogen and oxygen atoms in total. The summed E-state index contributed by atoms with van der Waals surface area (Å²) in [6.45, 7) is 0. The Bertz CT molecular complexity index is 569. The number of hydrogen-bond acceptors (Lipinski definition) is 1. The molecule has 3 rings (SSSR count). The van der Waals surface area contributed by atoms with Gasteiger partial charge in [-0.05, 0) is 36.1 Å². The predicted octanol–water partition coefficient (Wildman–Crippen LogP) is 4.05. The van der Waals surface area contributed by atoms with Gasteiger partial charge in [-0.1, -0.05) is 48.6 Å². The molecule has 2 aromatic carbocycles.